The quantitative estimate of drug-likeness (QED) is 0.680. The Hall–Kier alpha value is -1.73. The normalized spacial score (nSPS) is 27.9. The maximum atomic E-state index is 12.1. The third-order valence-electron chi connectivity index (χ3n) is 7.39. The number of nitrogens with zero attached hydrogens (tertiary/aromatic N) is 1. The standard InChI is InChI=1S/C23H34N2O4S/c1-27-17-13-16(14-18(28-2)20(17)29-3)15-25-21(30)24-22(10-6-4-7-11-22)19-9-5-8-12-23(19,25)26/h13-14,19,26H,4-12,15H2,1-3H3,(H,24,30)/t19-,23+/m0/s1. The number of fused-ring (bicyclic) bond motifs is 2. The number of benzene rings is 1. The van der Waals surface area contributed by atoms with E-state index < -0.39 is 5.72 Å². The molecule has 6 nitrogen and oxygen atoms in total. The van der Waals surface area contributed by atoms with E-state index in [2.05, 4.69) is 5.32 Å². The first-order valence-electron chi connectivity index (χ1n) is 11.1. The van der Waals surface area contributed by atoms with Crippen molar-refractivity contribution < 1.29 is 19.3 Å². The first-order chi connectivity index (χ1) is 14.5. The van der Waals surface area contributed by atoms with Crippen molar-refractivity contribution in [3.05, 3.63) is 17.7 Å². The van der Waals surface area contributed by atoms with Gasteiger partial charge in [0.2, 0.25) is 5.75 Å². The summed E-state index contributed by atoms with van der Waals surface area (Å²) in [5.41, 5.74) is -0.0137. The average molecular weight is 435 g/mol. The van der Waals surface area contributed by atoms with Gasteiger partial charge in [-0.2, -0.15) is 0 Å². The van der Waals surface area contributed by atoms with E-state index in [9.17, 15) is 5.11 Å². The molecule has 1 spiro atoms. The molecule has 0 radical (unpaired) electrons. The van der Waals surface area contributed by atoms with Crippen molar-refractivity contribution >= 4 is 17.3 Å². The molecule has 166 valence electrons. The molecular formula is C23H34N2O4S. The second-order valence-corrected chi connectivity index (χ2v) is 9.33. The van der Waals surface area contributed by atoms with Crippen molar-refractivity contribution in [3.8, 4) is 17.2 Å². The fraction of sp³-hybridized carbons (Fsp3) is 0.696. The molecule has 3 aliphatic rings. The molecule has 2 atom stereocenters. The molecule has 1 heterocycles. The topological polar surface area (TPSA) is 63.2 Å². The second kappa shape index (κ2) is 8.42. The highest BCUT2D eigenvalue weighted by Gasteiger charge is 2.58. The lowest BCUT2D eigenvalue weighted by molar-refractivity contribution is -0.184. The number of hydrogen-bond donors (Lipinski definition) is 2. The van der Waals surface area contributed by atoms with Crippen LogP contribution >= 0.6 is 12.2 Å². The summed E-state index contributed by atoms with van der Waals surface area (Å²) in [7, 11) is 4.83. The fourth-order valence-corrected chi connectivity index (χ4v) is 6.42. The zero-order valence-corrected chi connectivity index (χ0v) is 19.1. The van der Waals surface area contributed by atoms with Gasteiger partial charge in [-0.05, 0) is 62.0 Å². The smallest absolute Gasteiger partial charge is 0.203 e. The van der Waals surface area contributed by atoms with E-state index in [0.717, 1.165) is 37.7 Å². The monoisotopic (exact) mass is 434 g/mol. The van der Waals surface area contributed by atoms with Gasteiger partial charge in [-0.25, -0.2) is 0 Å². The van der Waals surface area contributed by atoms with E-state index in [1.807, 2.05) is 17.0 Å². The predicted octanol–water partition coefficient (Wildman–Crippen LogP) is 3.98. The number of rotatable bonds is 5. The van der Waals surface area contributed by atoms with E-state index in [4.69, 9.17) is 26.4 Å². The van der Waals surface area contributed by atoms with E-state index >= 15 is 0 Å². The first-order valence-corrected chi connectivity index (χ1v) is 11.5. The Kier molecular flexibility index (Phi) is 6.04. The third-order valence-corrected chi connectivity index (χ3v) is 7.71. The first kappa shape index (κ1) is 21.5. The summed E-state index contributed by atoms with van der Waals surface area (Å²) in [6.07, 6.45) is 9.86. The molecule has 0 amide bonds. The molecule has 0 bridgehead atoms. The second-order valence-electron chi connectivity index (χ2n) is 8.94. The van der Waals surface area contributed by atoms with Gasteiger partial charge in [-0.15, -0.1) is 0 Å². The van der Waals surface area contributed by atoms with Crippen LogP contribution in [0.3, 0.4) is 0 Å². The minimum Gasteiger partial charge on any atom is -0.493 e. The summed E-state index contributed by atoms with van der Waals surface area (Å²) >= 11 is 5.86. The molecule has 1 aromatic rings. The summed E-state index contributed by atoms with van der Waals surface area (Å²) < 4.78 is 16.5. The van der Waals surface area contributed by atoms with Gasteiger partial charge in [-0.1, -0.05) is 25.7 Å². The Morgan fingerprint density at radius 2 is 1.63 bits per heavy atom. The number of ether oxygens (including phenoxy) is 3. The molecule has 1 aliphatic heterocycles. The lowest BCUT2D eigenvalue weighted by atomic mass is 9.62. The maximum Gasteiger partial charge on any atom is 0.203 e. The fourth-order valence-electron chi connectivity index (χ4n) is 6.00. The van der Waals surface area contributed by atoms with Gasteiger partial charge in [0, 0.05) is 18.0 Å². The Balaban J connectivity index is 1.68. The van der Waals surface area contributed by atoms with Crippen LogP contribution < -0.4 is 19.5 Å². The molecule has 30 heavy (non-hydrogen) atoms. The zero-order chi connectivity index (χ0) is 21.4. The van der Waals surface area contributed by atoms with Gasteiger partial charge in [0.1, 0.15) is 5.72 Å². The summed E-state index contributed by atoms with van der Waals surface area (Å²) in [6, 6.07) is 3.88. The van der Waals surface area contributed by atoms with E-state index in [0.29, 0.717) is 28.9 Å². The van der Waals surface area contributed by atoms with Gasteiger partial charge in [0.15, 0.2) is 16.6 Å². The summed E-state index contributed by atoms with van der Waals surface area (Å²) in [4.78, 5) is 2.01. The lowest BCUT2D eigenvalue weighted by Gasteiger charge is -2.61. The molecule has 1 saturated heterocycles. The Labute approximate surface area is 184 Å². The average Bonchev–Trinajstić information content (AvgIpc) is 2.76. The van der Waals surface area contributed by atoms with Crippen LogP contribution in [0.2, 0.25) is 0 Å². The van der Waals surface area contributed by atoms with Gasteiger partial charge in [-0.3, -0.25) is 0 Å². The Morgan fingerprint density at radius 3 is 2.23 bits per heavy atom. The number of hydrogen-bond acceptors (Lipinski definition) is 5. The highest BCUT2D eigenvalue weighted by atomic mass is 32.1. The van der Waals surface area contributed by atoms with Crippen LogP contribution in [0.4, 0.5) is 0 Å². The summed E-state index contributed by atoms with van der Waals surface area (Å²) in [5, 5.41) is 16.4. The molecule has 2 aliphatic carbocycles. The third kappa shape index (κ3) is 3.50. The van der Waals surface area contributed by atoms with Gasteiger partial charge < -0.3 is 29.5 Å². The minimum atomic E-state index is -0.918. The van der Waals surface area contributed by atoms with Crippen molar-refractivity contribution in [2.45, 2.75) is 75.6 Å². The van der Waals surface area contributed by atoms with Crippen LogP contribution in [0.5, 0.6) is 17.2 Å². The molecular weight excluding hydrogens is 400 g/mol. The summed E-state index contributed by atoms with van der Waals surface area (Å²) in [6.45, 7) is 0.492. The van der Waals surface area contributed by atoms with Gasteiger partial charge >= 0.3 is 0 Å². The highest BCUT2D eigenvalue weighted by molar-refractivity contribution is 7.80. The number of thiocarbonyl (C=S) groups is 1. The molecule has 2 saturated carbocycles. The van der Waals surface area contributed by atoms with Gasteiger partial charge in [0.25, 0.3) is 0 Å². The van der Waals surface area contributed by atoms with E-state index in [1.165, 1.54) is 25.7 Å². The van der Waals surface area contributed by atoms with Crippen LogP contribution in [0, 0.1) is 5.92 Å². The molecule has 7 heteroatoms. The van der Waals surface area contributed by atoms with E-state index in [1.54, 1.807) is 21.3 Å². The maximum absolute atomic E-state index is 12.1. The molecule has 3 fully saturated rings. The van der Waals surface area contributed by atoms with Crippen molar-refractivity contribution in [1.82, 2.24) is 10.2 Å². The minimum absolute atomic E-state index is 0.0592. The largest absolute Gasteiger partial charge is 0.493 e. The zero-order valence-electron chi connectivity index (χ0n) is 18.3. The number of nitrogens with one attached hydrogen (secondary N) is 1. The van der Waals surface area contributed by atoms with Crippen LogP contribution in [0.15, 0.2) is 12.1 Å². The van der Waals surface area contributed by atoms with Crippen molar-refractivity contribution in [3.63, 3.8) is 0 Å². The molecule has 4 rings (SSSR count). The Bertz CT molecular complexity index is 770. The van der Waals surface area contributed by atoms with E-state index in [-0.39, 0.29) is 11.5 Å². The van der Waals surface area contributed by atoms with Crippen molar-refractivity contribution in [2.24, 2.45) is 5.92 Å². The summed E-state index contributed by atoms with van der Waals surface area (Å²) in [5.74, 6) is 1.98. The lowest BCUT2D eigenvalue weighted by Crippen LogP contribution is -2.75. The predicted molar refractivity (Wildman–Crippen MR) is 120 cm³/mol. The van der Waals surface area contributed by atoms with Crippen molar-refractivity contribution in [1.29, 1.82) is 0 Å². The SMILES string of the molecule is COc1cc(CN2C(=S)NC3(CCCCC3)[C@@H]3CCCC[C@@]32O)cc(OC)c1OC. The van der Waals surface area contributed by atoms with Crippen LogP contribution in [-0.4, -0.2) is 47.7 Å². The van der Waals surface area contributed by atoms with Crippen LogP contribution in [0.25, 0.3) is 0 Å². The van der Waals surface area contributed by atoms with Crippen LogP contribution in [-0.2, 0) is 6.54 Å². The molecule has 2 N–H and O–H groups in total. The Morgan fingerprint density at radius 1 is 1.00 bits per heavy atom. The van der Waals surface area contributed by atoms with Crippen molar-refractivity contribution in [2.75, 3.05) is 21.3 Å². The van der Waals surface area contributed by atoms with Gasteiger partial charge in [0.05, 0.1) is 21.3 Å². The highest BCUT2D eigenvalue weighted by Crippen LogP contribution is 2.51. The molecule has 1 aromatic carbocycles. The van der Waals surface area contributed by atoms with Crippen LogP contribution in [0.1, 0.15) is 63.4 Å². The number of aliphatic hydroxyl groups is 1. The number of methoxy groups -OCH3 is 3. The molecule has 0 aromatic heterocycles. The molecule has 0 unspecified atom stereocenters.